The second-order valence-corrected chi connectivity index (χ2v) is 8.31. The minimum absolute atomic E-state index is 0.108. The van der Waals surface area contributed by atoms with Crippen molar-refractivity contribution >= 4 is 40.6 Å². The van der Waals surface area contributed by atoms with Crippen molar-refractivity contribution in [3.8, 4) is 0 Å². The number of hydrogen-bond acceptors (Lipinski definition) is 3. The Kier molecular flexibility index (Phi) is 6.23. The van der Waals surface area contributed by atoms with Crippen LogP contribution in [-0.2, 0) is 11.3 Å². The smallest absolute Gasteiger partial charge is 0.224 e. The van der Waals surface area contributed by atoms with E-state index in [9.17, 15) is 9.18 Å². The second kappa shape index (κ2) is 9.23. The van der Waals surface area contributed by atoms with E-state index in [1.807, 2.05) is 36.6 Å². The summed E-state index contributed by atoms with van der Waals surface area (Å²) in [6.07, 6.45) is 6.28. The third kappa shape index (κ3) is 5.06. The lowest BCUT2D eigenvalue weighted by Gasteiger charge is -2.08. The van der Waals surface area contributed by atoms with Gasteiger partial charge in [0, 0.05) is 17.1 Å². The van der Waals surface area contributed by atoms with Crippen LogP contribution in [-0.4, -0.2) is 12.2 Å². The average Bonchev–Trinajstić information content (AvgIpc) is 3.10. The number of nitrogens with one attached hydrogen (secondary N) is 1. The van der Waals surface area contributed by atoms with Gasteiger partial charge in [-0.1, -0.05) is 30.3 Å². The van der Waals surface area contributed by atoms with Crippen LogP contribution in [0.25, 0.3) is 17.2 Å². The predicted molar refractivity (Wildman–Crippen MR) is 128 cm³/mol. The Bertz CT molecular complexity index is 1170. The van der Waals surface area contributed by atoms with Gasteiger partial charge in [-0.25, -0.2) is 4.39 Å². The summed E-state index contributed by atoms with van der Waals surface area (Å²) in [7, 11) is 0. The van der Waals surface area contributed by atoms with Crippen LogP contribution in [0.15, 0.2) is 77.7 Å². The van der Waals surface area contributed by atoms with Gasteiger partial charge in [0.2, 0.25) is 5.91 Å². The summed E-state index contributed by atoms with van der Waals surface area (Å²) >= 11 is 1.70. The number of anilines is 1. The third-order valence-electron chi connectivity index (χ3n) is 5.23. The number of halogens is 1. The van der Waals surface area contributed by atoms with E-state index in [4.69, 9.17) is 5.73 Å². The van der Waals surface area contributed by atoms with E-state index in [0.29, 0.717) is 12.2 Å². The first-order valence-corrected chi connectivity index (χ1v) is 11.2. The molecule has 3 aromatic rings. The number of fused-ring (bicyclic) bond motifs is 1. The number of rotatable bonds is 6. The molecule has 0 aromatic heterocycles. The minimum atomic E-state index is -0.308. The summed E-state index contributed by atoms with van der Waals surface area (Å²) in [5, 5.41) is 2.93. The number of nitrogens with two attached hydrogens (primary N) is 1. The van der Waals surface area contributed by atoms with Crippen LogP contribution in [0.4, 0.5) is 10.1 Å². The van der Waals surface area contributed by atoms with E-state index in [1.54, 1.807) is 17.8 Å². The molecule has 5 heteroatoms. The molecule has 0 radical (unpaired) electrons. The Hall–Kier alpha value is -3.31. The van der Waals surface area contributed by atoms with Crippen molar-refractivity contribution in [3.05, 3.63) is 101 Å². The van der Waals surface area contributed by atoms with Crippen LogP contribution >= 0.6 is 11.8 Å². The van der Waals surface area contributed by atoms with Crippen molar-refractivity contribution in [2.75, 3.05) is 12.0 Å². The summed E-state index contributed by atoms with van der Waals surface area (Å²) in [4.78, 5) is 13.8. The van der Waals surface area contributed by atoms with Crippen molar-refractivity contribution < 1.29 is 9.18 Å². The van der Waals surface area contributed by atoms with Gasteiger partial charge in [-0.2, -0.15) is 0 Å². The molecule has 0 heterocycles. The molecule has 0 saturated carbocycles. The lowest BCUT2D eigenvalue weighted by Crippen LogP contribution is -2.22. The van der Waals surface area contributed by atoms with Crippen molar-refractivity contribution in [1.82, 2.24) is 5.32 Å². The van der Waals surface area contributed by atoms with E-state index in [-0.39, 0.29) is 18.1 Å². The lowest BCUT2D eigenvalue weighted by molar-refractivity contribution is -0.120. The standard InChI is InChI=1S/C26H23FN2OS/c1-31-23-9-4-17(5-10-23)12-19-13-20(25-15-21(27)6-11-24(19)25)14-26(30)29-16-18-2-7-22(28)8-3-18/h2-13,15H,14,16,28H2,1H3,(H,29,30)/b19-12+. The van der Waals surface area contributed by atoms with Gasteiger partial charge in [0.05, 0.1) is 6.42 Å². The van der Waals surface area contributed by atoms with Crippen LogP contribution in [0.2, 0.25) is 0 Å². The number of nitrogen functional groups attached to an aromatic ring is 1. The number of carbonyl (C=O) groups excluding carboxylic acids is 1. The van der Waals surface area contributed by atoms with Gasteiger partial charge >= 0.3 is 0 Å². The van der Waals surface area contributed by atoms with Crippen molar-refractivity contribution in [2.24, 2.45) is 0 Å². The molecule has 3 nitrogen and oxygen atoms in total. The number of thioether (sulfide) groups is 1. The Morgan fingerprint density at radius 2 is 1.77 bits per heavy atom. The third-order valence-corrected chi connectivity index (χ3v) is 5.97. The molecule has 3 N–H and O–H groups in total. The Morgan fingerprint density at radius 1 is 1.03 bits per heavy atom. The van der Waals surface area contributed by atoms with E-state index in [1.165, 1.54) is 17.0 Å². The highest BCUT2D eigenvalue weighted by atomic mass is 32.2. The highest BCUT2D eigenvalue weighted by molar-refractivity contribution is 7.98. The average molecular weight is 431 g/mol. The molecule has 0 aliphatic heterocycles. The summed E-state index contributed by atoms with van der Waals surface area (Å²) in [6.45, 7) is 0.423. The Labute approximate surface area is 185 Å². The number of carbonyl (C=O) groups is 1. The molecule has 156 valence electrons. The van der Waals surface area contributed by atoms with Gasteiger partial charge in [-0.15, -0.1) is 11.8 Å². The van der Waals surface area contributed by atoms with Gasteiger partial charge in [0.1, 0.15) is 5.82 Å². The Balaban J connectivity index is 1.53. The summed E-state index contributed by atoms with van der Waals surface area (Å²) in [5.41, 5.74) is 11.9. The quantitative estimate of drug-likeness (QED) is 0.385. The first-order valence-electron chi connectivity index (χ1n) is 9.99. The fourth-order valence-corrected chi connectivity index (χ4v) is 4.00. The zero-order chi connectivity index (χ0) is 21.8. The van der Waals surface area contributed by atoms with Crippen molar-refractivity contribution in [2.45, 2.75) is 17.9 Å². The van der Waals surface area contributed by atoms with Gasteiger partial charge in [0.15, 0.2) is 0 Å². The highest BCUT2D eigenvalue weighted by Crippen LogP contribution is 2.38. The summed E-state index contributed by atoms with van der Waals surface area (Å²) in [6, 6.07) is 20.4. The van der Waals surface area contributed by atoms with Gasteiger partial charge in [-0.05, 0) is 88.2 Å². The van der Waals surface area contributed by atoms with Gasteiger partial charge in [-0.3, -0.25) is 4.79 Å². The SMILES string of the molecule is CSc1ccc(/C=C2\C=C(CC(=O)NCc3ccc(N)cc3)c3cc(F)ccc32)cc1. The molecule has 1 aliphatic carbocycles. The molecule has 3 aromatic carbocycles. The monoisotopic (exact) mass is 430 g/mol. The fraction of sp³-hybridized carbons (Fsp3) is 0.115. The molecule has 0 atom stereocenters. The van der Waals surface area contributed by atoms with Crippen LogP contribution in [0.3, 0.4) is 0 Å². The normalized spacial score (nSPS) is 13.7. The predicted octanol–water partition coefficient (Wildman–Crippen LogP) is 5.77. The summed E-state index contributed by atoms with van der Waals surface area (Å²) < 4.78 is 14.0. The minimum Gasteiger partial charge on any atom is -0.399 e. The molecule has 0 spiro atoms. The molecule has 0 bridgehead atoms. The van der Waals surface area contributed by atoms with E-state index >= 15 is 0 Å². The molecule has 1 amide bonds. The maximum Gasteiger partial charge on any atom is 0.224 e. The van der Waals surface area contributed by atoms with Crippen molar-refractivity contribution in [3.63, 3.8) is 0 Å². The maximum atomic E-state index is 14.0. The van der Waals surface area contributed by atoms with Crippen LogP contribution < -0.4 is 11.1 Å². The summed E-state index contributed by atoms with van der Waals surface area (Å²) in [5.74, 6) is -0.415. The molecule has 1 aliphatic rings. The van der Waals surface area contributed by atoms with E-state index in [2.05, 4.69) is 35.7 Å². The number of hydrogen-bond donors (Lipinski definition) is 2. The fourth-order valence-electron chi connectivity index (χ4n) is 3.59. The first-order chi connectivity index (χ1) is 15.0. The first kappa shape index (κ1) is 20.9. The highest BCUT2D eigenvalue weighted by Gasteiger charge is 2.21. The van der Waals surface area contributed by atoms with Gasteiger partial charge in [0.25, 0.3) is 0 Å². The zero-order valence-electron chi connectivity index (χ0n) is 17.2. The Morgan fingerprint density at radius 3 is 2.48 bits per heavy atom. The van der Waals surface area contributed by atoms with Crippen LogP contribution in [0, 0.1) is 5.82 Å². The molecule has 0 unspecified atom stereocenters. The van der Waals surface area contributed by atoms with Crippen LogP contribution in [0.5, 0.6) is 0 Å². The maximum absolute atomic E-state index is 14.0. The zero-order valence-corrected chi connectivity index (χ0v) is 18.0. The molecule has 31 heavy (non-hydrogen) atoms. The van der Waals surface area contributed by atoms with Gasteiger partial charge < -0.3 is 11.1 Å². The molecule has 0 saturated heterocycles. The van der Waals surface area contributed by atoms with E-state index in [0.717, 1.165) is 33.4 Å². The van der Waals surface area contributed by atoms with Crippen molar-refractivity contribution in [1.29, 1.82) is 0 Å². The molecule has 4 rings (SSSR count). The second-order valence-electron chi connectivity index (χ2n) is 7.43. The van der Waals surface area contributed by atoms with Crippen LogP contribution in [0.1, 0.15) is 28.7 Å². The molecule has 0 fully saturated rings. The lowest BCUT2D eigenvalue weighted by atomic mass is 10.0. The topological polar surface area (TPSA) is 55.1 Å². The molecular formula is C26H23FN2OS. The largest absolute Gasteiger partial charge is 0.399 e. The molecular weight excluding hydrogens is 407 g/mol. The van der Waals surface area contributed by atoms with E-state index < -0.39 is 0 Å². The number of allylic oxidation sites excluding steroid dienone is 2. The number of amides is 1. The number of benzene rings is 3.